The van der Waals surface area contributed by atoms with Crippen LogP contribution in [0.2, 0.25) is 0 Å². The Kier molecular flexibility index (Phi) is 5.62. The van der Waals surface area contributed by atoms with E-state index in [-0.39, 0.29) is 0 Å². The van der Waals surface area contributed by atoms with Crippen molar-refractivity contribution in [3.63, 3.8) is 0 Å². The average Bonchev–Trinajstić information content (AvgIpc) is 2.42. The van der Waals surface area contributed by atoms with Gasteiger partial charge in [0.05, 0.1) is 0 Å². The summed E-state index contributed by atoms with van der Waals surface area (Å²) in [6.07, 6.45) is 6.99. The van der Waals surface area contributed by atoms with Gasteiger partial charge < -0.3 is 10.2 Å². The van der Waals surface area contributed by atoms with Crippen molar-refractivity contribution < 1.29 is 0 Å². The van der Waals surface area contributed by atoms with Crippen LogP contribution in [0.15, 0.2) is 24.3 Å². The minimum atomic E-state index is 0.493. The Morgan fingerprint density at radius 1 is 1.10 bits per heavy atom. The van der Waals surface area contributed by atoms with Gasteiger partial charge >= 0.3 is 0 Å². The molecule has 20 heavy (non-hydrogen) atoms. The number of rotatable bonds is 6. The van der Waals surface area contributed by atoms with Crippen LogP contribution in [0.1, 0.15) is 43.2 Å². The van der Waals surface area contributed by atoms with E-state index >= 15 is 0 Å². The molecule has 0 spiro atoms. The molecule has 0 unspecified atom stereocenters. The Morgan fingerprint density at radius 3 is 2.35 bits per heavy atom. The molecule has 0 atom stereocenters. The maximum Gasteiger partial charge on any atom is 0.0230 e. The van der Waals surface area contributed by atoms with Crippen molar-refractivity contribution in [3.8, 4) is 0 Å². The van der Waals surface area contributed by atoms with Gasteiger partial charge in [-0.05, 0) is 44.8 Å². The molecule has 1 aliphatic rings. The molecule has 0 bridgehead atoms. The second-order valence-electron chi connectivity index (χ2n) is 6.75. The SMILES string of the molecule is CNCC1(CN(C)Cc2ccc(C)cc2)CCCCC1. The fraction of sp³-hybridized carbons (Fsp3) is 0.667. The van der Waals surface area contributed by atoms with Gasteiger partial charge in [-0.2, -0.15) is 0 Å². The fourth-order valence-corrected chi connectivity index (χ4v) is 3.70. The van der Waals surface area contributed by atoms with Crippen molar-refractivity contribution in [2.75, 3.05) is 27.2 Å². The van der Waals surface area contributed by atoms with Crippen LogP contribution < -0.4 is 5.32 Å². The number of hydrogen-bond acceptors (Lipinski definition) is 2. The monoisotopic (exact) mass is 274 g/mol. The summed E-state index contributed by atoms with van der Waals surface area (Å²) in [5.74, 6) is 0. The standard InChI is InChI=1S/C18H30N2/c1-16-7-9-17(10-8-16)13-20(3)15-18(14-19-2)11-5-4-6-12-18/h7-10,19H,4-6,11-15H2,1-3H3. The molecule has 1 N–H and O–H groups in total. The van der Waals surface area contributed by atoms with Crippen molar-refractivity contribution in [3.05, 3.63) is 35.4 Å². The van der Waals surface area contributed by atoms with E-state index in [0.717, 1.165) is 13.1 Å². The topological polar surface area (TPSA) is 15.3 Å². The van der Waals surface area contributed by atoms with Crippen LogP contribution in [0.25, 0.3) is 0 Å². The fourth-order valence-electron chi connectivity index (χ4n) is 3.70. The normalized spacial score (nSPS) is 18.4. The lowest BCUT2D eigenvalue weighted by atomic mass is 9.73. The molecule has 2 heteroatoms. The first-order valence-corrected chi connectivity index (χ1v) is 8.02. The van der Waals surface area contributed by atoms with E-state index in [1.165, 1.54) is 49.8 Å². The smallest absolute Gasteiger partial charge is 0.0230 e. The van der Waals surface area contributed by atoms with Crippen LogP contribution in [0.3, 0.4) is 0 Å². The van der Waals surface area contributed by atoms with E-state index in [4.69, 9.17) is 0 Å². The number of nitrogens with zero attached hydrogens (tertiary/aromatic N) is 1. The largest absolute Gasteiger partial charge is 0.319 e. The Morgan fingerprint density at radius 2 is 1.75 bits per heavy atom. The molecule has 0 aliphatic heterocycles. The van der Waals surface area contributed by atoms with E-state index in [9.17, 15) is 0 Å². The number of aryl methyl sites for hydroxylation is 1. The van der Waals surface area contributed by atoms with Gasteiger partial charge in [0.1, 0.15) is 0 Å². The number of benzene rings is 1. The molecule has 112 valence electrons. The summed E-state index contributed by atoms with van der Waals surface area (Å²) in [5, 5.41) is 3.43. The zero-order valence-electron chi connectivity index (χ0n) is 13.4. The molecule has 0 radical (unpaired) electrons. The van der Waals surface area contributed by atoms with E-state index in [2.05, 4.69) is 55.5 Å². The Hall–Kier alpha value is -0.860. The maximum absolute atomic E-state index is 3.43. The van der Waals surface area contributed by atoms with Crippen LogP contribution in [-0.2, 0) is 6.54 Å². The molecule has 1 aromatic carbocycles. The first kappa shape index (κ1) is 15.5. The summed E-state index contributed by atoms with van der Waals surface area (Å²) in [7, 11) is 4.36. The molecule has 0 saturated heterocycles. The lowest BCUT2D eigenvalue weighted by molar-refractivity contribution is 0.116. The van der Waals surface area contributed by atoms with Gasteiger partial charge in [0, 0.05) is 19.6 Å². The first-order valence-electron chi connectivity index (χ1n) is 8.02. The average molecular weight is 274 g/mol. The third-order valence-electron chi connectivity index (χ3n) is 4.64. The van der Waals surface area contributed by atoms with Gasteiger partial charge in [0.15, 0.2) is 0 Å². The highest BCUT2D eigenvalue weighted by Crippen LogP contribution is 2.36. The van der Waals surface area contributed by atoms with Crippen molar-refractivity contribution in [2.45, 2.75) is 45.6 Å². The molecule has 2 nitrogen and oxygen atoms in total. The zero-order valence-corrected chi connectivity index (χ0v) is 13.4. The van der Waals surface area contributed by atoms with Crippen molar-refractivity contribution in [2.24, 2.45) is 5.41 Å². The number of hydrogen-bond donors (Lipinski definition) is 1. The highest BCUT2D eigenvalue weighted by molar-refractivity contribution is 5.21. The van der Waals surface area contributed by atoms with Gasteiger partial charge in [0.25, 0.3) is 0 Å². The predicted octanol–water partition coefficient (Wildman–Crippen LogP) is 3.60. The molecule has 0 heterocycles. The van der Waals surface area contributed by atoms with Gasteiger partial charge in [-0.15, -0.1) is 0 Å². The van der Waals surface area contributed by atoms with E-state index < -0.39 is 0 Å². The summed E-state index contributed by atoms with van der Waals surface area (Å²) in [6, 6.07) is 8.95. The van der Waals surface area contributed by atoms with Crippen LogP contribution in [0.5, 0.6) is 0 Å². The Labute approximate surface area is 124 Å². The Balaban J connectivity index is 1.93. The third kappa shape index (κ3) is 4.32. The highest BCUT2D eigenvalue weighted by atomic mass is 15.1. The third-order valence-corrected chi connectivity index (χ3v) is 4.64. The quantitative estimate of drug-likeness (QED) is 0.852. The second-order valence-corrected chi connectivity index (χ2v) is 6.75. The first-order chi connectivity index (χ1) is 9.63. The van der Waals surface area contributed by atoms with Crippen molar-refractivity contribution in [1.29, 1.82) is 0 Å². The minimum absolute atomic E-state index is 0.493. The van der Waals surface area contributed by atoms with E-state index in [1.54, 1.807) is 0 Å². The molecule has 2 rings (SSSR count). The summed E-state index contributed by atoms with van der Waals surface area (Å²) in [6.45, 7) is 5.58. The molecule has 0 aromatic heterocycles. The second kappa shape index (κ2) is 7.24. The van der Waals surface area contributed by atoms with Gasteiger partial charge in [0.2, 0.25) is 0 Å². The van der Waals surface area contributed by atoms with Crippen LogP contribution in [0, 0.1) is 12.3 Å². The maximum atomic E-state index is 3.43. The summed E-state index contributed by atoms with van der Waals surface area (Å²) in [5.41, 5.74) is 3.26. The van der Waals surface area contributed by atoms with E-state index in [0.29, 0.717) is 5.41 Å². The molecular weight excluding hydrogens is 244 g/mol. The van der Waals surface area contributed by atoms with Gasteiger partial charge in [-0.25, -0.2) is 0 Å². The lowest BCUT2D eigenvalue weighted by Crippen LogP contribution is -2.43. The van der Waals surface area contributed by atoms with Crippen molar-refractivity contribution in [1.82, 2.24) is 10.2 Å². The summed E-state index contributed by atoms with van der Waals surface area (Å²) in [4.78, 5) is 2.51. The minimum Gasteiger partial charge on any atom is -0.319 e. The molecule has 1 fully saturated rings. The van der Waals surface area contributed by atoms with Gasteiger partial charge in [-0.1, -0.05) is 49.1 Å². The van der Waals surface area contributed by atoms with E-state index in [1.807, 2.05) is 0 Å². The highest BCUT2D eigenvalue weighted by Gasteiger charge is 2.32. The van der Waals surface area contributed by atoms with Crippen LogP contribution in [0.4, 0.5) is 0 Å². The lowest BCUT2D eigenvalue weighted by Gasteiger charge is -2.40. The number of nitrogens with one attached hydrogen (secondary N) is 1. The van der Waals surface area contributed by atoms with Crippen LogP contribution >= 0.6 is 0 Å². The molecule has 1 aliphatic carbocycles. The Bertz CT molecular complexity index is 385. The molecule has 1 aromatic rings. The van der Waals surface area contributed by atoms with Crippen LogP contribution in [-0.4, -0.2) is 32.1 Å². The van der Waals surface area contributed by atoms with Gasteiger partial charge in [-0.3, -0.25) is 0 Å². The predicted molar refractivity (Wildman–Crippen MR) is 87.0 cm³/mol. The molecule has 1 saturated carbocycles. The molecule has 0 amide bonds. The summed E-state index contributed by atoms with van der Waals surface area (Å²) < 4.78 is 0. The summed E-state index contributed by atoms with van der Waals surface area (Å²) >= 11 is 0. The zero-order chi connectivity index (χ0) is 14.4. The molecular formula is C18H30N2. The van der Waals surface area contributed by atoms with Crippen molar-refractivity contribution >= 4 is 0 Å².